The van der Waals surface area contributed by atoms with Crippen molar-refractivity contribution in [3.8, 4) is 17.0 Å². The fraction of sp³-hybridized carbons (Fsp3) is 0.190. The lowest BCUT2D eigenvalue weighted by Gasteiger charge is -2.07. The normalized spacial score (nSPS) is 10.3. The van der Waals surface area contributed by atoms with Gasteiger partial charge in [-0.3, -0.25) is 4.79 Å². The SMILES string of the molecule is COc1ccc(-c2ccc(CCCNc3ccc(C=O)cc3)nn2)cc1. The van der Waals surface area contributed by atoms with Crippen LogP contribution in [0.25, 0.3) is 11.3 Å². The number of rotatable bonds is 8. The van der Waals surface area contributed by atoms with E-state index in [1.807, 2.05) is 48.5 Å². The van der Waals surface area contributed by atoms with E-state index in [4.69, 9.17) is 4.74 Å². The van der Waals surface area contributed by atoms with Gasteiger partial charge in [0, 0.05) is 23.4 Å². The third kappa shape index (κ3) is 4.66. The highest BCUT2D eigenvalue weighted by molar-refractivity contribution is 5.75. The van der Waals surface area contributed by atoms with Gasteiger partial charge < -0.3 is 10.1 Å². The highest BCUT2D eigenvalue weighted by Gasteiger charge is 2.02. The van der Waals surface area contributed by atoms with Crippen molar-refractivity contribution in [2.24, 2.45) is 0 Å². The zero-order valence-electron chi connectivity index (χ0n) is 14.7. The van der Waals surface area contributed by atoms with Crippen LogP contribution in [0.15, 0.2) is 60.7 Å². The van der Waals surface area contributed by atoms with Crippen LogP contribution in [-0.4, -0.2) is 30.1 Å². The Morgan fingerprint density at radius 1 is 0.962 bits per heavy atom. The lowest BCUT2D eigenvalue weighted by atomic mass is 10.1. The number of carbonyl (C=O) groups is 1. The topological polar surface area (TPSA) is 64.1 Å². The lowest BCUT2D eigenvalue weighted by Crippen LogP contribution is -2.04. The first-order chi connectivity index (χ1) is 12.8. The first kappa shape index (κ1) is 17.6. The predicted octanol–water partition coefficient (Wildman–Crippen LogP) is 4.01. The maximum Gasteiger partial charge on any atom is 0.150 e. The molecule has 26 heavy (non-hydrogen) atoms. The summed E-state index contributed by atoms with van der Waals surface area (Å²) in [5.74, 6) is 0.826. The molecule has 0 radical (unpaired) electrons. The molecule has 5 heteroatoms. The van der Waals surface area contributed by atoms with E-state index in [1.54, 1.807) is 19.2 Å². The predicted molar refractivity (Wildman–Crippen MR) is 103 cm³/mol. The van der Waals surface area contributed by atoms with E-state index in [1.165, 1.54) is 0 Å². The maximum absolute atomic E-state index is 10.6. The third-order valence-electron chi connectivity index (χ3n) is 4.09. The van der Waals surface area contributed by atoms with Gasteiger partial charge in [-0.2, -0.15) is 10.2 Å². The van der Waals surface area contributed by atoms with E-state index in [9.17, 15) is 4.79 Å². The summed E-state index contributed by atoms with van der Waals surface area (Å²) in [6.45, 7) is 0.836. The molecule has 0 atom stereocenters. The number of nitrogens with zero attached hydrogens (tertiary/aromatic N) is 2. The minimum atomic E-state index is 0.683. The standard InChI is InChI=1S/C21H21N3O2/c1-26-20-11-6-17(7-12-20)21-13-10-19(23-24-21)3-2-14-22-18-8-4-16(15-25)5-9-18/h4-13,15,22H,2-3,14H2,1H3. The molecule has 0 bridgehead atoms. The number of benzene rings is 2. The number of nitrogens with one attached hydrogen (secondary N) is 1. The van der Waals surface area contributed by atoms with Gasteiger partial charge in [0.15, 0.2) is 0 Å². The van der Waals surface area contributed by atoms with Crippen LogP contribution in [-0.2, 0) is 6.42 Å². The monoisotopic (exact) mass is 347 g/mol. The van der Waals surface area contributed by atoms with Gasteiger partial charge in [-0.05, 0) is 73.5 Å². The molecule has 0 spiro atoms. The molecule has 1 N–H and O–H groups in total. The summed E-state index contributed by atoms with van der Waals surface area (Å²) in [4.78, 5) is 10.6. The fourth-order valence-electron chi connectivity index (χ4n) is 2.59. The molecule has 0 saturated heterocycles. The van der Waals surface area contributed by atoms with Crippen LogP contribution in [0.1, 0.15) is 22.5 Å². The lowest BCUT2D eigenvalue weighted by molar-refractivity contribution is 0.112. The number of hydrogen-bond acceptors (Lipinski definition) is 5. The van der Waals surface area contributed by atoms with Gasteiger partial charge in [-0.1, -0.05) is 0 Å². The Kier molecular flexibility index (Phi) is 5.93. The van der Waals surface area contributed by atoms with E-state index in [-0.39, 0.29) is 0 Å². The molecule has 0 unspecified atom stereocenters. The molecule has 0 aliphatic carbocycles. The number of aromatic nitrogens is 2. The van der Waals surface area contributed by atoms with E-state index in [0.717, 1.165) is 54.1 Å². The number of ether oxygens (including phenoxy) is 1. The Morgan fingerprint density at radius 2 is 1.73 bits per heavy atom. The van der Waals surface area contributed by atoms with Crippen LogP contribution in [0.3, 0.4) is 0 Å². The van der Waals surface area contributed by atoms with Gasteiger partial charge in [-0.15, -0.1) is 0 Å². The van der Waals surface area contributed by atoms with Crippen molar-refractivity contribution in [3.05, 3.63) is 71.9 Å². The van der Waals surface area contributed by atoms with Crippen molar-refractivity contribution in [3.63, 3.8) is 0 Å². The molecule has 1 aromatic heterocycles. The van der Waals surface area contributed by atoms with Crippen LogP contribution in [0, 0.1) is 0 Å². The molecule has 1 heterocycles. The summed E-state index contributed by atoms with van der Waals surface area (Å²) in [7, 11) is 1.65. The maximum atomic E-state index is 10.6. The van der Waals surface area contributed by atoms with Gasteiger partial charge >= 0.3 is 0 Å². The van der Waals surface area contributed by atoms with E-state index < -0.39 is 0 Å². The molecule has 0 aliphatic rings. The number of methoxy groups -OCH3 is 1. The van der Waals surface area contributed by atoms with Crippen LogP contribution < -0.4 is 10.1 Å². The average Bonchev–Trinajstić information content (AvgIpc) is 2.72. The minimum Gasteiger partial charge on any atom is -0.497 e. The average molecular weight is 347 g/mol. The number of aldehydes is 1. The second-order valence-electron chi connectivity index (χ2n) is 5.91. The molecule has 3 rings (SSSR count). The van der Waals surface area contributed by atoms with E-state index in [2.05, 4.69) is 15.5 Å². The Labute approximate surface area is 153 Å². The second kappa shape index (κ2) is 8.76. The highest BCUT2D eigenvalue weighted by atomic mass is 16.5. The summed E-state index contributed by atoms with van der Waals surface area (Å²) in [5, 5.41) is 12.0. The van der Waals surface area contributed by atoms with Gasteiger partial charge in [-0.25, -0.2) is 0 Å². The highest BCUT2D eigenvalue weighted by Crippen LogP contribution is 2.20. The third-order valence-corrected chi connectivity index (χ3v) is 4.09. The number of hydrogen-bond donors (Lipinski definition) is 1. The Balaban J connectivity index is 1.48. The van der Waals surface area contributed by atoms with Gasteiger partial charge in [0.25, 0.3) is 0 Å². The molecular formula is C21H21N3O2. The van der Waals surface area contributed by atoms with Crippen molar-refractivity contribution in [1.29, 1.82) is 0 Å². The molecule has 132 valence electrons. The van der Waals surface area contributed by atoms with Crippen molar-refractivity contribution in [1.82, 2.24) is 10.2 Å². The van der Waals surface area contributed by atoms with Crippen molar-refractivity contribution in [2.75, 3.05) is 19.0 Å². The molecule has 5 nitrogen and oxygen atoms in total. The summed E-state index contributed by atoms with van der Waals surface area (Å²) < 4.78 is 5.17. The molecular weight excluding hydrogens is 326 g/mol. The molecule has 0 fully saturated rings. The zero-order chi connectivity index (χ0) is 18.2. The fourth-order valence-corrected chi connectivity index (χ4v) is 2.59. The number of carbonyl (C=O) groups excluding carboxylic acids is 1. The Morgan fingerprint density at radius 3 is 2.35 bits per heavy atom. The molecule has 0 aliphatic heterocycles. The van der Waals surface area contributed by atoms with Crippen molar-refractivity contribution in [2.45, 2.75) is 12.8 Å². The minimum absolute atomic E-state index is 0.683. The van der Waals surface area contributed by atoms with Crippen molar-refractivity contribution < 1.29 is 9.53 Å². The van der Waals surface area contributed by atoms with E-state index >= 15 is 0 Å². The summed E-state index contributed by atoms with van der Waals surface area (Å²) in [6.07, 6.45) is 2.65. The molecule has 2 aromatic carbocycles. The summed E-state index contributed by atoms with van der Waals surface area (Å²) in [6, 6.07) is 19.2. The second-order valence-corrected chi connectivity index (χ2v) is 5.91. The Hall–Kier alpha value is -3.21. The molecule has 0 saturated carbocycles. The largest absolute Gasteiger partial charge is 0.497 e. The van der Waals surface area contributed by atoms with Crippen molar-refractivity contribution >= 4 is 12.0 Å². The Bertz CT molecular complexity index is 829. The first-order valence-electron chi connectivity index (χ1n) is 8.54. The van der Waals surface area contributed by atoms with Crippen LogP contribution in [0.5, 0.6) is 5.75 Å². The van der Waals surface area contributed by atoms with Crippen LogP contribution in [0.4, 0.5) is 5.69 Å². The van der Waals surface area contributed by atoms with Gasteiger partial charge in [0.2, 0.25) is 0 Å². The van der Waals surface area contributed by atoms with Gasteiger partial charge in [0.05, 0.1) is 18.5 Å². The van der Waals surface area contributed by atoms with Gasteiger partial charge in [0.1, 0.15) is 12.0 Å². The number of anilines is 1. The first-order valence-corrected chi connectivity index (χ1v) is 8.54. The zero-order valence-corrected chi connectivity index (χ0v) is 14.7. The number of aryl methyl sites for hydroxylation is 1. The molecule has 0 amide bonds. The van der Waals surface area contributed by atoms with E-state index in [0.29, 0.717) is 5.56 Å². The molecule has 3 aromatic rings. The smallest absolute Gasteiger partial charge is 0.150 e. The van der Waals surface area contributed by atoms with Crippen LogP contribution >= 0.6 is 0 Å². The summed E-state index contributed by atoms with van der Waals surface area (Å²) in [5.41, 5.74) is 4.54. The van der Waals surface area contributed by atoms with Crippen LogP contribution in [0.2, 0.25) is 0 Å². The summed E-state index contributed by atoms with van der Waals surface area (Å²) >= 11 is 0. The quantitative estimate of drug-likeness (QED) is 0.493.